The third-order valence-corrected chi connectivity index (χ3v) is 6.97. The molecule has 0 saturated heterocycles. The summed E-state index contributed by atoms with van der Waals surface area (Å²) >= 11 is 23.9. The molecule has 224 valence electrons. The second-order valence-corrected chi connectivity index (χ2v) is 11.0. The van der Waals surface area contributed by atoms with Gasteiger partial charge in [0.25, 0.3) is 0 Å². The van der Waals surface area contributed by atoms with Crippen LogP contribution >= 0.6 is 46.4 Å². The molecular weight excluding hydrogens is 634 g/mol. The number of benzene rings is 4. The van der Waals surface area contributed by atoms with Gasteiger partial charge in [0.15, 0.2) is 0 Å². The first-order valence-electron chi connectivity index (χ1n) is 13.4. The standard InChI is InChI=1S/C32H28Cl4N2O5/c33-21-5-15-29(27(35)19-21)41-17-1-3-31(39)37-23-7-11-25(12-8-23)43-26-13-9-24(10-14-26)38-32(40)4-2-18-42-30-16-6-22(34)20-28(30)36/h5-16,19-20H,1-4,17-18H2,(H,37,39)(H,38,40). The van der Waals surface area contributed by atoms with Gasteiger partial charge in [-0.15, -0.1) is 0 Å². The summed E-state index contributed by atoms with van der Waals surface area (Å²) in [6.07, 6.45) is 1.63. The summed E-state index contributed by atoms with van der Waals surface area (Å²) in [6.45, 7) is 0.694. The van der Waals surface area contributed by atoms with Gasteiger partial charge in [-0.05, 0) is 97.8 Å². The maximum atomic E-state index is 12.3. The molecule has 0 unspecified atom stereocenters. The summed E-state index contributed by atoms with van der Waals surface area (Å²) in [5.74, 6) is 2.00. The molecule has 0 fully saturated rings. The van der Waals surface area contributed by atoms with E-state index in [2.05, 4.69) is 10.6 Å². The summed E-state index contributed by atoms with van der Waals surface area (Å²) in [4.78, 5) is 24.6. The largest absolute Gasteiger partial charge is 0.492 e. The Bertz CT molecular complexity index is 1420. The van der Waals surface area contributed by atoms with Crippen LogP contribution in [0.25, 0.3) is 0 Å². The van der Waals surface area contributed by atoms with E-state index in [9.17, 15) is 9.59 Å². The molecule has 4 aromatic rings. The van der Waals surface area contributed by atoms with Crippen molar-refractivity contribution >= 4 is 69.6 Å². The molecule has 0 heterocycles. The van der Waals surface area contributed by atoms with E-state index in [-0.39, 0.29) is 11.8 Å². The lowest BCUT2D eigenvalue weighted by molar-refractivity contribution is -0.117. The summed E-state index contributed by atoms with van der Waals surface area (Å²) < 4.78 is 17.1. The number of hydrogen-bond donors (Lipinski definition) is 2. The van der Waals surface area contributed by atoms with Crippen molar-refractivity contribution < 1.29 is 23.8 Å². The van der Waals surface area contributed by atoms with Crippen molar-refractivity contribution in [3.05, 3.63) is 105 Å². The van der Waals surface area contributed by atoms with Crippen molar-refractivity contribution in [3.8, 4) is 23.0 Å². The van der Waals surface area contributed by atoms with Crippen molar-refractivity contribution in [3.63, 3.8) is 0 Å². The molecule has 0 aliphatic carbocycles. The van der Waals surface area contributed by atoms with Crippen LogP contribution in [0.15, 0.2) is 84.9 Å². The van der Waals surface area contributed by atoms with Crippen LogP contribution in [0, 0.1) is 0 Å². The predicted octanol–water partition coefficient (Wildman–Crippen LogP) is 9.69. The maximum absolute atomic E-state index is 12.3. The van der Waals surface area contributed by atoms with E-state index in [1.54, 1.807) is 84.9 Å². The van der Waals surface area contributed by atoms with Gasteiger partial charge in [-0.3, -0.25) is 9.59 Å². The van der Waals surface area contributed by atoms with Gasteiger partial charge in [0.2, 0.25) is 11.8 Å². The Balaban J connectivity index is 1.13. The minimum atomic E-state index is -0.129. The number of carbonyl (C=O) groups is 2. The Kier molecular flexibility index (Phi) is 12.2. The Labute approximate surface area is 269 Å². The molecule has 0 atom stereocenters. The highest BCUT2D eigenvalue weighted by Crippen LogP contribution is 2.29. The number of hydrogen-bond acceptors (Lipinski definition) is 5. The van der Waals surface area contributed by atoms with Crippen LogP contribution in [0.3, 0.4) is 0 Å². The Hall–Kier alpha value is -3.62. The van der Waals surface area contributed by atoms with E-state index >= 15 is 0 Å². The van der Waals surface area contributed by atoms with E-state index in [0.717, 1.165) is 0 Å². The Morgan fingerprint density at radius 1 is 0.558 bits per heavy atom. The molecule has 0 radical (unpaired) electrons. The smallest absolute Gasteiger partial charge is 0.224 e. The third-order valence-electron chi connectivity index (χ3n) is 5.91. The maximum Gasteiger partial charge on any atom is 0.224 e. The molecule has 7 nitrogen and oxygen atoms in total. The van der Waals surface area contributed by atoms with Crippen molar-refractivity contribution in [2.75, 3.05) is 23.8 Å². The average Bonchev–Trinajstić information content (AvgIpc) is 2.97. The van der Waals surface area contributed by atoms with Crippen molar-refractivity contribution in [2.24, 2.45) is 0 Å². The van der Waals surface area contributed by atoms with E-state index in [1.165, 1.54) is 0 Å². The lowest BCUT2D eigenvalue weighted by Gasteiger charge is -2.10. The average molecular weight is 662 g/mol. The van der Waals surface area contributed by atoms with Gasteiger partial charge >= 0.3 is 0 Å². The molecule has 0 aliphatic heterocycles. The molecule has 0 bridgehead atoms. The lowest BCUT2D eigenvalue weighted by Crippen LogP contribution is -2.12. The van der Waals surface area contributed by atoms with Gasteiger partial charge in [0.05, 0.1) is 23.3 Å². The molecule has 11 heteroatoms. The third kappa shape index (κ3) is 10.9. The molecule has 0 aliphatic rings. The molecule has 4 rings (SSSR count). The zero-order valence-electron chi connectivity index (χ0n) is 22.9. The highest BCUT2D eigenvalue weighted by atomic mass is 35.5. The molecule has 2 amide bonds. The molecular formula is C32H28Cl4N2O5. The molecule has 0 spiro atoms. The summed E-state index contributed by atoms with van der Waals surface area (Å²) in [5.41, 5.74) is 1.30. The first-order chi connectivity index (χ1) is 20.7. The second kappa shape index (κ2) is 16.3. The Morgan fingerprint density at radius 2 is 0.953 bits per heavy atom. The second-order valence-electron chi connectivity index (χ2n) is 9.30. The van der Waals surface area contributed by atoms with Crippen molar-refractivity contribution in [1.82, 2.24) is 0 Å². The minimum Gasteiger partial charge on any atom is -0.492 e. The topological polar surface area (TPSA) is 85.9 Å². The number of anilines is 2. The predicted molar refractivity (Wildman–Crippen MR) is 173 cm³/mol. The number of ether oxygens (including phenoxy) is 3. The molecule has 0 aromatic heterocycles. The van der Waals surface area contributed by atoms with Crippen molar-refractivity contribution in [2.45, 2.75) is 25.7 Å². The number of halogens is 4. The van der Waals surface area contributed by atoms with Gasteiger partial charge in [-0.2, -0.15) is 0 Å². The summed E-state index contributed by atoms with van der Waals surface area (Å²) in [6, 6.07) is 24.1. The zero-order valence-corrected chi connectivity index (χ0v) is 25.9. The normalized spacial score (nSPS) is 10.6. The van der Waals surface area contributed by atoms with Crippen molar-refractivity contribution in [1.29, 1.82) is 0 Å². The van der Waals surface area contributed by atoms with Gasteiger partial charge in [0, 0.05) is 34.3 Å². The highest BCUT2D eigenvalue weighted by Gasteiger charge is 2.08. The fourth-order valence-corrected chi connectivity index (χ4v) is 4.74. The first-order valence-corrected chi connectivity index (χ1v) is 14.9. The summed E-state index contributed by atoms with van der Waals surface area (Å²) in [5, 5.41) is 7.63. The number of rotatable bonds is 14. The van der Waals surface area contributed by atoms with Crippen LogP contribution in [0.1, 0.15) is 25.7 Å². The minimum absolute atomic E-state index is 0.129. The summed E-state index contributed by atoms with van der Waals surface area (Å²) in [7, 11) is 0. The first kappa shape index (κ1) is 32.3. The SMILES string of the molecule is O=C(CCCOc1ccc(Cl)cc1Cl)Nc1ccc(Oc2ccc(NC(=O)CCCOc3ccc(Cl)cc3Cl)cc2)cc1. The zero-order chi connectivity index (χ0) is 30.6. The van der Waals surface area contributed by atoms with E-state index in [1.807, 2.05) is 0 Å². The quantitative estimate of drug-likeness (QED) is 0.131. The fourth-order valence-electron chi connectivity index (χ4n) is 3.81. The molecule has 0 saturated carbocycles. The van der Waals surface area contributed by atoms with Gasteiger partial charge in [-0.1, -0.05) is 46.4 Å². The fraction of sp³-hybridized carbons (Fsp3) is 0.188. The molecule has 43 heavy (non-hydrogen) atoms. The molecule has 4 aromatic carbocycles. The van der Waals surface area contributed by atoms with Crippen LogP contribution in [0.5, 0.6) is 23.0 Å². The van der Waals surface area contributed by atoms with Crippen LogP contribution in [0.4, 0.5) is 11.4 Å². The van der Waals surface area contributed by atoms with Crippen LogP contribution in [-0.2, 0) is 9.59 Å². The lowest BCUT2D eigenvalue weighted by atomic mass is 10.2. The van der Waals surface area contributed by atoms with Crippen LogP contribution in [0.2, 0.25) is 20.1 Å². The number of nitrogens with one attached hydrogen (secondary N) is 2. The van der Waals surface area contributed by atoms with Crippen LogP contribution in [-0.4, -0.2) is 25.0 Å². The molecule has 2 N–H and O–H groups in total. The van der Waals surface area contributed by atoms with Gasteiger partial charge < -0.3 is 24.8 Å². The van der Waals surface area contributed by atoms with Gasteiger partial charge in [0.1, 0.15) is 23.0 Å². The number of carbonyl (C=O) groups excluding carboxylic acids is 2. The monoisotopic (exact) mass is 660 g/mol. The van der Waals surface area contributed by atoms with Crippen LogP contribution < -0.4 is 24.8 Å². The van der Waals surface area contributed by atoms with E-state index < -0.39 is 0 Å². The van der Waals surface area contributed by atoms with E-state index in [4.69, 9.17) is 60.6 Å². The van der Waals surface area contributed by atoms with Gasteiger partial charge in [-0.25, -0.2) is 0 Å². The van der Waals surface area contributed by atoms with E-state index in [0.29, 0.717) is 93.4 Å². The highest BCUT2D eigenvalue weighted by molar-refractivity contribution is 6.36. The number of amides is 2. The Morgan fingerprint density at radius 3 is 1.33 bits per heavy atom.